The zero-order valence-electron chi connectivity index (χ0n) is 13.1. The van der Waals surface area contributed by atoms with Gasteiger partial charge in [-0.15, -0.1) is 0 Å². The molecule has 2 rings (SSSR count). The van der Waals surface area contributed by atoms with Crippen molar-refractivity contribution in [3.63, 3.8) is 0 Å². The minimum absolute atomic E-state index is 0. The van der Waals surface area contributed by atoms with E-state index < -0.39 is 11.9 Å². The Labute approximate surface area is 161 Å². The zero-order chi connectivity index (χ0) is 16.7. The summed E-state index contributed by atoms with van der Waals surface area (Å²) in [5.41, 5.74) is 1.03. The second kappa shape index (κ2) is 9.73. The number of ether oxygens (including phenoxy) is 1. The van der Waals surface area contributed by atoms with Gasteiger partial charge in [0.05, 0.1) is 11.6 Å². The number of nitriles is 1. The number of rotatable bonds is 6. The minimum atomic E-state index is -1.27. The van der Waals surface area contributed by atoms with Crippen LogP contribution in [0, 0.1) is 11.3 Å². The molecule has 2 aromatic rings. The first-order valence-electron chi connectivity index (χ1n) is 6.84. The maximum Gasteiger partial charge on any atom is 1.00 e. The van der Waals surface area contributed by atoms with E-state index in [0.29, 0.717) is 22.7 Å². The van der Waals surface area contributed by atoms with Crippen molar-refractivity contribution in [3.8, 4) is 17.6 Å². The number of carbonyl (C=O) groups excluding carboxylic acids is 2. The number of amides is 1. The quantitative estimate of drug-likeness (QED) is 0.671. The second-order valence-electron chi connectivity index (χ2n) is 4.69. The van der Waals surface area contributed by atoms with Gasteiger partial charge in [0.2, 0.25) is 5.91 Å². The van der Waals surface area contributed by atoms with E-state index in [1.54, 1.807) is 48.5 Å². The fourth-order valence-electron chi connectivity index (χ4n) is 1.81. The fraction of sp³-hybridized carbons (Fsp3) is 0.118. The number of carbonyl (C=O) groups is 2. The molecule has 0 aliphatic carbocycles. The van der Waals surface area contributed by atoms with Gasteiger partial charge in [0, 0.05) is 24.1 Å². The number of nitrogens with zero attached hydrogens (tertiary/aromatic N) is 1. The van der Waals surface area contributed by atoms with Crippen molar-refractivity contribution in [3.05, 3.63) is 54.1 Å². The van der Waals surface area contributed by atoms with Crippen molar-refractivity contribution in [1.82, 2.24) is 0 Å². The van der Waals surface area contributed by atoms with Crippen LogP contribution in [0.4, 0.5) is 5.69 Å². The Balaban J connectivity index is 0.00000288. The maximum atomic E-state index is 11.6. The van der Waals surface area contributed by atoms with Crippen LogP contribution >= 0.6 is 0 Å². The third-order valence-electron chi connectivity index (χ3n) is 2.89. The topological polar surface area (TPSA) is 102 Å². The van der Waals surface area contributed by atoms with Gasteiger partial charge in [-0.2, -0.15) is 5.26 Å². The van der Waals surface area contributed by atoms with E-state index in [1.165, 1.54) is 0 Å². The molecule has 0 aliphatic rings. The maximum absolute atomic E-state index is 11.6. The van der Waals surface area contributed by atoms with Gasteiger partial charge < -0.3 is 20.0 Å². The number of carboxylic acids is 1. The fourth-order valence-corrected chi connectivity index (χ4v) is 1.81. The van der Waals surface area contributed by atoms with Crippen LogP contribution < -0.4 is 44.7 Å². The van der Waals surface area contributed by atoms with Crippen LogP contribution in [0.15, 0.2) is 48.5 Å². The van der Waals surface area contributed by atoms with Crippen LogP contribution in [0.3, 0.4) is 0 Å². The van der Waals surface area contributed by atoms with E-state index in [-0.39, 0.29) is 42.4 Å². The Hall–Kier alpha value is -2.33. The summed E-state index contributed by atoms with van der Waals surface area (Å²) in [6.45, 7) is 0. The molecule has 6 nitrogen and oxygen atoms in total. The molecule has 0 saturated heterocycles. The third-order valence-corrected chi connectivity index (χ3v) is 2.89. The molecule has 0 unspecified atom stereocenters. The normalized spacial score (nSPS) is 9.29. The van der Waals surface area contributed by atoms with Crippen molar-refractivity contribution in [2.45, 2.75) is 12.8 Å². The summed E-state index contributed by atoms with van der Waals surface area (Å²) in [7, 11) is 0. The largest absolute Gasteiger partial charge is 1.00 e. The molecule has 0 fully saturated rings. The van der Waals surface area contributed by atoms with E-state index >= 15 is 0 Å². The predicted molar refractivity (Wildman–Crippen MR) is 80.5 cm³/mol. The number of anilines is 1. The summed E-state index contributed by atoms with van der Waals surface area (Å²) < 4.78 is 5.63. The first-order valence-corrected chi connectivity index (χ1v) is 6.84. The van der Waals surface area contributed by atoms with Gasteiger partial charge in [-0.3, -0.25) is 4.79 Å². The molecule has 0 atom stereocenters. The van der Waals surface area contributed by atoms with Crippen LogP contribution in [0.5, 0.6) is 11.5 Å². The molecule has 0 aliphatic heterocycles. The van der Waals surface area contributed by atoms with Crippen molar-refractivity contribution < 1.29 is 49.0 Å². The Morgan fingerprint density at radius 1 is 1.08 bits per heavy atom. The average molecular weight is 332 g/mol. The van der Waals surface area contributed by atoms with Gasteiger partial charge in [0.25, 0.3) is 0 Å². The standard InChI is InChI=1S/C17H14N2O4.Na/c18-11-12-4-6-14(7-5-12)23-15-3-1-2-13(10-15)19-16(20)8-9-17(21)22;/h1-7,10H,8-9H2,(H,19,20)(H,21,22);/q;+1/p-1. The Morgan fingerprint density at radius 3 is 2.42 bits per heavy atom. The molecule has 0 saturated carbocycles. The molecular weight excluding hydrogens is 319 g/mol. The van der Waals surface area contributed by atoms with Crippen LogP contribution in [-0.4, -0.2) is 11.9 Å². The first-order chi connectivity index (χ1) is 11.1. The van der Waals surface area contributed by atoms with Gasteiger partial charge in [0.1, 0.15) is 11.5 Å². The molecule has 1 amide bonds. The molecule has 0 aromatic heterocycles. The number of hydrogen-bond donors (Lipinski definition) is 1. The zero-order valence-corrected chi connectivity index (χ0v) is 15.1. The van der Waals surface area contributed by atoms with Crippen molar-refractivity contribution >= 4 is 17.6 Å². The number of carboxylic acid groups (broad SMARTS) is 1. The SMILES string of the molecule is N#Cc1ccc(Oc2cccc(NC(=O)CCC(=O)[O-])c2)cc1.[Na+]. The number of hydrogen-bond acceptors (Lipinski definition) is 5. The Morgan fingerprint density at radius 2 is 1.79 bits per heavy atom. The molecule has 2 aromatic carbocycles. The van der Waals surface area contributed by atoms with Crippen LogP contribution in [0.2, 0.25) is 0 Å². The molecule has 116 valence electrons. The van der Waals surface area contributed by atoms with E-state index in [9.17, 15) is 14.7 Å². The van der Waals surface area contributed by atoms with Gasteiger partial charge in [-0.1, -0.05) is 6.07 Å². The average Bonchev–Trinajstić information content (AvgIpc) is 2.54. The van der Waals surface area contributed by atoms with Crippen LogP contribution in [0.25, 0.3) is 0 Å². The first kappa shape index (κ1) is 19.7. The summed E-state index contributed by atoms with van der Waals surface area (Å²) in [6, 6.07) is 15.3. The van der Waals surface area contributed by atoms with Gasteiger partial charge in [-0.05, 0) is 42.8 Å². The Bertz CT molecular complexity index is 754. The van der Waals surface area contributed by atoms with Crippen LogP contribution in [-0.2, 0) is 9.59 Å². The van der Waals surface area contributed by atoms with Gasteiger partial charge in [-0.25, -0.2) is 0 Å². The number of nitrogens with one attached hydrogen (secondary N) is 1. The monoisotopic (exact) mass is 332 g/mol. The molecule has 1 N–H and O–H groups in total. The predicted octanol–water partition coefficient (Wildman–Crippen LogP) is -1.18. The van der Waals surface area contributed by atoms with E-state index in [4.69, 9.17) is 10.00 Å². The van der Waals surface area contributed by atoms with Crippen molar-refractivity contribution in [2.24, 2.45) is 0 Å². The second-order valence-corrected chi connectivity index (χ2v) is 4.69. The summed E-state index contributed by atoms with van der Waals surface area (Å²) in [6.07, 6.45) is -0.476. The van der Waals surface area contributed by atoms with E-state index in [2.05, 4.69) is 5.32 Å². The minimum Gasteiger partial charge on any atom is -0.550 e. The molecular formula is C17H13N2NaO4. The Kier molecular flexibility index (Phi) is 7.99. The summed E-state index contributed by atoms with van der Waals surface area (Å²) in [4.78, 5) is 21.9. The summed E-state index contributed by atoms with van der Waals surface area (Å²) in [5, 5.41) is 21.7. The van der Waals surface area contributed by atoms with Gasteiger partial charge in [0.15, 0.2) is 0 Å². The van der Waals surface area contributed by atoms with Gasteiger partial charge >= 0.3 is 29.6 Å². The van der Waals surface area contributed by atoms with E-state index in [0.717, 1.165) is 0 Å². The molecule has 0 heterocycles. The summed E-state index contributed by atoms with van der Waals surface area (Å²) >= 11 is 0. The van der Waals surface area contributed by atoms with Crippen molar-refractivity contribution in [1.29, 1.82) is 5.26 Å². The molecule has 0 radical (unpaired) electrons. The number of benzene rings is 2. The number of aliphatic carboxylic acids is 1. The molecule has 0 spiro atoms. The molecule has 24 heavy (non-hydrogen) atoms. The van der Waals surface area contributed by atoms with E-state index in [1.807, 2.05) is 6.07 Å². The smallest absolute Gasteiger partial charge is 0.550 e. The molecule has 0 bridgehead atoms. The van der Waals surface area contributed by atoms with Crippen LogP contribution in [0.1, 0.15) is 18.4 Å². The molecule has 7 heteroatoms. The van der Waals surface area contributed by atoms with Crippen molar-refractivity contribution in [2.75, 3.05) is 5.32 Å². The third kappa shape index (κ3) is 6.42. The summed E-state index contributed by atoms with van der Waals surface area (Å²) in [5.74, 6) is -0.611.